The van der Waals surface area contributed by atoms with E-state index in [-0.39, 0.29) is 24.9 Å². The van der Waals surface area contributed by atoms with Gasteiger partial charge >= 0.3 is 5.97 Å². The van der Waals surface area contributed by atoms with Crippen molar-refractivity contribution in [2.24, 2.45) is 5.92 Å². The van der Waals surface area contributed by atoms with Crippen molar-refractivity contribution in [1.82, 2.24) is 9.80 Å². The molecule has 0 aliphatic carbocycles. The lowest BCUT2D eigenvalue weighted by molar-refractivity contribution is -0.142. The van der Waals surface area contributed by atoms with Crippen LogP contribution in [0.15, 0.2) is 30.3 Å². The summed E-state index contributed by atoms with van der Waals surface area (Å²) < 4.78 is 0. The number of rotatable bonds is 6. The van der Waals surface area contributed by atoms with Gasteiger partial charge in [-0.25, -0.2) is 0 Å². The number of carbonyl (C=O) groups excluding carboxylic acids is 2. The number of hydrogen-bond acceptors (Lipinski definition) is 3. The van der Waals surface area contributed by atoms with Crippen molar-refractivity contribution in [3.63, 3.8) is 0 Å². The van der Waals surface area contributed by atoms with Gasteiger partial charge in [-0.2, -0.15) is 0 Å². The Morgan fingerprint density at radius 2 is 1.96 bits per heavy atom. The Morgan fingerprint density at radius 3 is 2.52 bits per heavy atom. The van der Waals surface area contributed by atoms with Crippen molar-refractivity contribution in [1.29, 1.82) is 0 Å². The van der Waals surface area contributed by atoms with E-state index in [0.717, 1.165) is 5.56 Å². The van der Waals surface area contributed by atoms with Crippen LogP contribution in [-0.4, -0.2) is 58.9 Å². The van der Waals surface area contributed by atoms with Crippen LogP contribution in [0.25, 0.3) is 0 Å². The predicted molar refractivity (Wildman–Crippen MR) is 84.7 cm³/mol. The molecule has 1 heterocycles. The number of likely N-dealkylation sites (tertiary alicyclic amines) is 1. The fraction of sp³-hybridized carbons (Fsp3) is 0.471. The van der Waals surface area contributed by atoms with Gasteiger partial charge in [0.15, 0.2) is 0 Å². The molecular weight excluding hydrogens is 296 g/mol. The summed E-state index contributed by atoms with van der Waals surface area (Å²) in [7, 11) is 0. The number of carboxylic acid groups (broad SMARTS) is 1. The van der Waals surface area contributed by atoms with Gasteiger partial charge in [-0.3, -0.25) is 14.4 Å². The number of nitrogens with zero attached hydrogens (tertiary/aromatic N) is 2. The van der Waals surface area contributed by atoms with Crippen molar-refractivity contribution in [3.8, 4) is 0 Å². The first kappa shape index (κ1) is 17.0. The quantitative estimate of drug-likeness (QED) is 0.849. The fourth-order valence-corrected chi connectivity index (χ4v) is 2.71. The summed E-state index contributed by atoms with van der Waals surface area (Å²) in [6.45, 7) is 2.61. The Bertz CT molecular complexity index is 573. The maximum Gasteiger partial charge on any atom is 0.308 e. The van der Waals surface area contributed by atoms with Crippen LogP contribution in [0.1, 0.15) is 18.9 Å². The Kier molecular flexibility index (Phi) is 5.73. The molecule has 0 saturated carbocycles. The predicted octanol–water partition coefficient (Wildman–Crippen LogP) is 1.01. The highest BCUT2D eigenvalue weighted by molar-refractivity contribution is 5.84. The highest BCUT2D eigenvalue weighted by Gasteiger charge is 2.31. The van der Waals surface area contributed by atoms with Crippen LogP contribution >= 0.6 is 0 Å². The Balaban J connectivity index is 1.88. The fourth-order valence-electron chi connectivity index (χ4n) is 2.71. The van der Waals surface area contributed by atoms with Crippen molar-refractivity contribution >= 4 is 17.8 Å². The molecule has 1 aliphatic rings. The van der Waals surface area contributed by atoms with Crippen LogP contribution in [0.3, 0.4) is 0 Å². The molecule has 6 heteroatoms. The molecule has 2 amide bonds. The summed E-state index contributed by atoms with van der Waals surface area (Å²) in [6.07, 6.45) is 1.16. The zero-order chi connectivity index (χ0) is 16.8. The van der Waals surface area contributed by atoms with Crippen molar-refractivity contribution in [2.75, 3.05) is 26.2 Å². The van der Waals surface area contributed by atoms with Crippen LogP contribution in [-0.2, 0) is 20.8 Å². The minimum atomic E-state index is -0.868. The average Bonchev–Trinajstić information content (AvgIpc) is 3.02. The summed E-state index contributed by atoms with van der Waals surface area (Å²) >= 11 is 0. The van der Waals surface area contributed by atoms with Crippen molar-refractivity contribution in [2.45, 2.75) is 19.8 Å². The van der Waals surface area contributed by atoms with E-state index in [2.05, 4.69) is 0 Å². The van der Waals surface area contributed by atoms with E-state index in [1.54, 1.807) is 0 Å². The van der Waals surface area contributed by atoms with Crippen LogP contribution < -0.4 is 0 Å². The van der Waals surface area contributed by atoms with E-state index in [9.17, 15) is 14.4 Å². The highest BCUT2D eigenvalue weighted by atomic mass is 16.4. The zero-order valence-electron chi connectivity index (χ0n) is 13.3. The third kappa shape index (κ3) is 4.81. The van der Waals surface area contributed by atoms with Crippen molar-refractivity contribution < 1.29 is 19.5 Å². The van der Waals surface area contributed by atoms with E-state index in [0.29, 0.717) is 25.9 Å². The maximum absolute atomic E-state index is 12.3. The first-order chi connectivity index (χ1) is 11.0. The van der Waals surface area contributed by atoms with Gasteiger partial charge in [-0.05, 0) is 18.4 Å². The molecule has 1 aromatic carbocycles. The number of hydrogen-bond donors (Lipinski definition) is 1. The van der Waals surface area contributed by atoms with Gasteiger partial charge in [-0.1, -0.05) is 30.3 Å². The molecule has 124 valence electrons. The number of aliphatic carboxylic acids is 1. The molecule has 1 N–H and O–H groups in total. The number of amides is 2. The lowest BCUT2D eigenvalue weighted by atomic mass is 10.1. The summed E-state index contributed by atoms with van der Waals surface area (Å²) in [6, 6.07) is 9.78. The Morgan fingerprint density at radius 1 is 1.26 bits per heavy atom. The minimum Gasteiger partial charge on any atom is -0.481 e. The largest absolute Gasteiger partial charge is 0.481 e. The minimum absolute atomic E-state index is 0.00844. The van der Waals surface area contributed by atoms with Crippen molar-refractivity contribution in [3.05, 3.63) is 35.9 Å². The van der Waals surface area contributed by atoms with Crippen LogP contribution in [0.2, 0.25) is 0 Å². The monoisotopic (exact) mass is 318 g/mol. The summed E-state index contributed by atoms with van der Waals surface area (Å²) in [4.78, 5) is 38.0. The SMILES string of the molecule is CC(=O)N(CCc1ccccc1)CC(=O)N1CCC(C(=O)O)C1. The molecule has 23 heavy (non-hydrogen) atoms. The molecule has 2 rings (SSSR count). The molecule has 1 aromatic rings. The molecule has 0 aromatic heterocycles. The molecule has 0 spiro atoms. The second-order valence-electron chi connectivity index (χ2n) is 5.84. The second kappa shape index (κ2) is 7.76. The van der Waals surface area contributed by atoms with Gasteiger partial charge < -0.3 is 14.9 Å². The normalized spacial score (nSPS) is 17.1. The summed E-state index contributed by atoms with van der Waals surface area (Å²) in [5.41, 5.74) is 1.11. The Hall–Kier alpha value is -2.37. The standard InChI is InChI=1S/C17H22N2O4/c1-13(20)18(9-7-14-5-3-2-4-6-14)12-16(21)19-10-8-15(11-19)17(22)23/h2-6,15H,7-12H2,1H3,(H,22,23). The lowest BCUT2D eigenvalue weighted by Gasteiger charge is -2.24. The molecule has 1 atom stereocenters. The third-order valence-electron chi connectivity index (χ3n) is 4.17. The molecule has 0 bridgehead atoms. The third-order valence-corrected chi connectivity index (χ3v) is 4.17. The molecule has 6 nitrogen and oxygen atoms in total. The number of carbonyl (C=O) groups is 3. The van der Waals surface area contributed by atoms with E-state index in [1.807, 2.05) is 30.3 Å². The van der Waals surface area contributed by atoms with Crippen LogP contribution in [0, 0.1) is 5.92 Å². The topological polar surface area (TPSA) is 77.9 Å². The van der Waals surface area contributed by atoms with Gasteiger partial charge in [0.05, 0.1) is 12.5 Å². The molecule has 1 unspecified atom stereocenters. The molecule has 1 fully saturated rings. The highest BCUT2D eigenvalue weighted by Crippen LogP contribution is 2.16. The second-order valence-corrected chi connectivity index (χ2v) is 5.84. The number of benzene rings is 1. The lowest BCUT2D eigenvalue weighted by Crippen LogP contribution is -2.42. The first-order valence-corrected chi connectivity index (χ1v) is 7.77. The van der Waals surface area contributed by atoms with E-state index in [1.165, 1.54) is 16.7 Å². The zero-order valence-corrected chi connectivity index (χ0v) is 13.3. The van der Waals surface area contributed by atoms with Gasteiger partial charge in [0, 0.05) is 26.6 Å². The summed E-state index contributed by atoms with van der Waals surface area (Å²) in [5, 5.41) is 8.99. The van der Waals surface area contributed by atoms with Gasteiger partial charge in [0.2, 0.25) is 11.8 Å². The van der Waals surface area contributed by atoms with Gasteiger partial charge in [-0.15, -0.1) is 0 Å². The van der Waals surface area contributed by atoms with Crippen LogP contribution in [0.5, 0.6) is 0 Å². The van der Waals surface area contributed by atoms with E-state index in [4.69, 9.17) is 5.11 Å². The van der Waals surface area contributed by atoms with Gasteiger partial charge in [0.25, 0.3) is 0 Å². The molecule has 0 radical (unpaired) electrons. The van der Waals surface area contributed by atoms with Crippen LogP contribution in [0.4, 0.5) is 0 Å². The molecular formula is C17H22N2O4. The molecule has 1 saturated heterocycles. The first-order valence-electron chi connectivity index (χ1n) is 7.77. The maximum atomic E-state index is 12.3. The van der Waals surface area contributed by atoms with E-state index >= 15 is 0 Å². The molecule has 1 aliphatic heterocycles. The number of carboxylic acids is 1. The summed E-state index contributed by atoms with van der Waals surface area (Å²) in [5.74, 6) is -1.69. The average molecular weight is 318 g/mol. The Labute approximate surface area is 135 Å². The van der Waals surface area contributed by atoms with E-state index < -0.39 is 11.9 Å². The van der Waals surface area contributed by atoms with Gasteiger partial charge in [0.1, 0.15) is 0 Å². The smallest absolute Gasteiger partial charge is 0.308 e.